The van der Waals surface area contributed by atoms with Crippen LogP contribution in [0.2, 0.25) is 5.02 Å². The van der Waals surface area contributed by atoms with E-state index in [0.29, 0.717) is 24.4 Å². The largest absolute Gasteiger partial charge is 0.337 e. The third kappa shape index (κ3) is 5.38. The average molecular weight is 435 g/mol. The Morgan fingerprint density at radius 3 is 2.59 bits per heavy atom. The van der Waals surface area contributed by atoms with Crippen LogP contribution < -0.4 is 4.72 Å². The van der Waals surface area contributed by atoms with Crippen LogP contribution in [0.15, 0.2) is 48.5 Å². The molecule has 3 rings (SSSR count). The zero-order chi connectivity index (χ0) is 21.2. The molecule has 5 nitrogen and oxygen atoms in total. The van der Waals surface area contributed by atoms with E-state index in [1.165, 1.54) is 0 Å². The van der Waals surface area contributed by atoms with Gasteiger partial charge in [0.15, 0.2) is 0 Å². The topological polar surface area (TPSA) is 66.5 Å². The zero-order valence-electron chi connectivity index (χ0n) is 16.9. The minimum atomic E-state index is -3.36. The van der Waals surface area contributed by atoms with Crippen molar-refractivity contribution in [3.63, 3.8) is 0 Å². The van der Waals surface area contributed by atoms with Crippen LogP contribution in [0.5, 0.6) is 0 Å². The van der Waals surface area contributed by atoms with E-state index in [-0.39, 0.29) is 23.9 Å². The monoisotopic (exact) mass is 434 g/mol. The number of amides is 1. The Morgan fingerprint density at radius 1 is 1.21 bits per heavy atom. The molecule has 29 heavy (non-hydrogen) atoms. The molecule has 0 aliphatic carbocycles. The first-order chi connectivity index (χ1) is 13.7. The molecular formula is C22H27ClN2O3S. The Morgan fingerprint density at radius 2 is 1.93 bits per heavy atom. The Bertz CT molecular complexity index is 991. The van der Waals surface area contributed by atoms with E-state index >= 15 is 0 Å². The summed E-state index contributed by atoms with van der Waals surface area (Å²) < 4.78 is 26.4. The first kappa shape index (κ1) is 21.8. The minimum absolute atomic E-state index is 0.0510. The summed E-state index contributed by atoms with van der Waals surface area (Å²) in [4.78, 5) is 14.6. The summed E-state index contributed by atoms with van der Waals surface area (Å²) in [5.41, 5.74) is 2.99. The van der Waals surface area contributed by atoms with Crippen LogP contribution in [0.25, 0.3) is 11.1 Å². The summed E-state index contributed by atoms with van der Waals surface area (Å²) in [7, 11) is -3.36. The Kier molecular flexibility index (Phi) is 6.66. The zero-order valence-corrected chi connectivity index (χ0v) is 18.5. The Hall–Kier alpha value is -1.89. The van der Waals surface area contributed by atoms with Crippen molar-refractivity contribution in [1.82, 2.24) is 9.62 Å². The lowest BCUT2D eigenvalue weighted by Crippen LogP contribution is -2.48. The van der Waals surface area contributed by atoms with Crippen molar-refractivity contribution in [3.8, 4) is 11.1 Å². The van der Waals surface area contributed by atoms with Gasteiger partial charge in [0, 0.05) is 29.1 Å². The van der Waals surface area contributed by atoms with Gasteiger partial charge in [0.2, 0.25) is 15.9 Å². The first-order valence-corrected chi connectivity index (χ1v) is 12.0. The fraction of sp³-hybridized carbons (Fsp3) is 0.409. The number of halogens is 1. The number of benzene rings is 2. The lowest BCUT2D eigenvalue weighted by molar-refractivity contribution is -0.135. The third-order valence-corrected chi connectivity index (χ3v) is 6.31. The summed E-state index contributed by atoms with van der Waals surface area (Å²) in [5, 5.41) is 0.679. The second-order valence-corrected chi connectivity index (χ2v) is 10.1. The van der Waals surface area contributed by atoms with Crippen LogP contribution >= 0.6 is 11.6 Å². The molecule has 1 aliphatic rings. The number of sulfonamides is 1. The first-order valence-electron chi connectivity index (χ1n) is 9.77. The third-order valence-electron chi connectivity index (χ3n) is 5.24. The maximum absolute atomic E-state index is 12.7. The molecule has 0 aromatic heterocycles. The van der Waals surface area contributed by atoms with Crippen LogP contribution in [-0.4, -0.2) is 44.1 Å². The summed E-state index contributed by atoms with van der Waals surface area (Å²) in [6.45, 7) is 4.29. The van der Waals surface area contributed by atoms with Gasteiger partial charge >= 0.3 is 0 Å². The second kappa shape index (κ2) is 8.86. The van der Waals surface area contributed by atoms with E-state index < -0.39 is 10.0 Å². The van der Waals surface area contributed by atoms with Gasteiger partial charge < -0.3 is 4.90 Å². The molecule has 156 valence electrons. The van der Waals surface area contributed by atoms with E-state index in [0.717, 1.165) is 22.9 Å². The lowest BCUT2D eigenvalue weighted by Gasteiger charge is -2.30. The predicted molar refractivity (Wildman–Crippen MR) is 117 cm³/mol. The van der Waals surface area contributed by atoms with Crippen molar-refractivity contribution in [1.29, 1.82) is 0 Å². The van der Waals surface area contributed by atoms with Gasteiger partial charge in [-0.2, -0.15) is 0 Å². The van der Waals surface area contributed by atoms with Crippen LogP contribution in [0.3, 0.4) is 0 Å². The van der Waals surface area contributed by atoms with Crippen molar-refractivity contribution < 1.29 is 13.2 Å². The summed E-state index contributed by atoms with van der Waals surface area (Å²) in [6, 6.07) is 15.2. The van der Waals surface area contributed by atoms with Crippen LogP contribution in [0.4, 0.5) is 0 Å². The van der Waals surface area contributed by atoms with Crippen molar-refractivity contribution in [2.75, 3.05) is 12.8 Å². The van der Waals surface area contributed by atoms with Crippen molar-refractivity contribution in [2.45, 2.75) is 38.8 Å². The highest BCUT2D eigenvalue weighted by Gasteiger charge is 2.38. The molecule has 0 unspecified atom stereocenters. The van der Waals surface area contributed by atoms with Gasteiger partial charge in [-0.25, -0.2) is 13.1 Å². The number of likely N-dealkylation sites (tertiary alicyclic amines) is 1. The highest BCUT2D eigenvalue weighted by atomic mass is 35.5. The van der Waals surface area contributed by atoms with E-state index in [1.54, 1.807) is 0 Å². The molecule has 2 atom stereocenters. The Labute approximate surface area is 178 Å². The van der Waals surface area contributed by atoms with Gasteiger partial charge in [0.05, 0.1) is 12.3 Å². The summed E-state index contributed by atoms with van der Waals surface area (Å²) in [6.07, 6.45) is 2.35. The number of hydrogen-bond acceptors (Lipinski definition) is 3. The van der Waals surface area contributed by atoms with Crippen molar-refractivity contribution >= 4 is 27.5 Å². The van der Waals surface area contributed by atoms with E-state index in [1.807, 2.05) is 61.2 Å². The molecule has 1 amide bonds. The smallest absolute Gasteiger partial charge is 0.225 e. The van der Waals surface area contributed by atoms with E-state index in [4.69, 9.17) is 11.6 Å². The highest BCUT2D eigenvalue weighted by molar-refractivity contribution is 7.88. The molecule has 0 spiro atoms. The van der Waals surface area contributed by atoms with Crippen LogP contribution in [0.1, 0.15) is 25.8 Å². The fourth-order valence-corrected chi connectivity index (χ4v) is 5.00. The minimum Gasteiger partial charge on any atom is -0.337 e. The molecule has 1 N–H and O–H groups in total. The number of rotatable bonds is 6. The fourth-order valence-electron chi connectivity index (χ4n) is 3.93. The van der Waals surface area contributed by atoms with Crippen LogP contribution in [0, 0.1) is 5.92 Å². The molecular weight excluding hydrogens is 408 g/mol. The summed E-state index contributed by atoms with van der Waals surface area (Å²) in [5.74, 6) is -0.0843. The maximum Gasteiger partial charge on any atom is 0.225 e. The lowest BCUT2D eigenvalue weighted by atomic mass is 9.96. The van der Waals surface area contributed by atoms with Crippen LogP contribution in [-0.2, 0) is 21.2 Å². The van der Waals surface area contributed by atoms with Gasteiger partial charge in [-0.3, -0.25) is 4.79 Å². The standard InChI is InChI=1S/C22H27ClN2O3S/c1-15(2)22(26)25-12-11-20(24-29(3,27)28)21(25)14-16-7-6-8-17(13-16)18-9-4-5-10-19(18)23/h4-10,13,15,20-21,24H,11-12,14H2,1-3H3/t20-,21-/m1/s1. The second-order valence-electron chi connectivity index (χ2n) is 7.92. The maximum atomic E-state index is 12.7. The quantitative estimate of drug-likeness (QED) is 0.753. The van der Waals surface area contributed by atoms with Gasteiger partial charge in [-0.05, 0) is 30.0 Å². The number of nitrogens with zero attached hydrogens (tertiary/aromatic N) is 1. The molecule has 0 saturated carbocycles. The molecule has 1 aliphatic heterocycles. The Balaban J connectivity index is 1.90. The van der Waals surface area contributed by atoms with Gasteiger partial charge in [-0.15, -0.1) is 0 Å². The molecule has 0 bridgehead atoms. The van der Waals surface area contributed by atoms with Gasteiger partial charge in [0.1, 0.15) is 0 Å². The van der Waals surface area contributed by atoms with E-state index in [9.17, 15) is 13.2 Å². The van der Waals surface area contributed by atoms with Gasteiger partial charge in [0.25, 0.3) is 0 Å². The van der Waals surface area contributed by atoms with Gasteiger partial charge in [-0.1, -0.05) is 67.9 Å². The molecule has 1 fully saturated rings. The molecule has 1 saturated heterocycles. The molecule has 2 aromatic rings. The van der Waals surface area contributed by atoms with Crippen molar-refractivity contribution in [2.24, 2.45) is 5.92 Å². The highest BCUT2D eigenvalue weighted by Crippen LogP contribution is 2.30. The van der Waals surface area contributed by atoms with Crippen molar-refractivity contribution in [3.05, 3.63) is 59.1 Å². The number of nitrogens with one attached hydrogen (secondary N) is 1. The number of carbonyl (C=O) groups is 1. The average Bonchev–Trinajstić information content (AvgIpc) is 3.02. The summed E-state index contributed by atoms with van der Waals surface area (Å²) >= 11 is 6.35. The molecule has 0 radical (unpaired) electrons. The molecule has 2 aromatic carbocycles. The number of hydrogen-bond donors (Lipinski definition) is 1. The molecule has 7 heteroatoms. The normalized spacial score (nSPS) is 19.7. The SMILES string of the molecule is CC(C)C(=O)N1CC[C@@H](NS(C)(=O)=O)[C@H]1Cc1cccc(-c2ccccc2Cl)c1. The van der Waals surface area contributed by atoms with E-state index in [2.05, 4.69) is 10.8 Å². The number of carbonyl (C=O) groups excluding carboxylic acids is 1. The molecule has 1 heterocycles. The predicted octanol–water partition coefficient (Wildman–Crippen LogP) is 3.72.